The van der Waals surface area contributed by atoms with Gasteiger partial charge in [0, 0.05) is 26.2 Å². The molecule has 2 heterocycles. The molecule has 2 amide bonds. The number of cyclic esters (lactones) is 1. The number of ether oxygens (including phenoxy) is 2. The molecular weight excluding hydrogens is 437 g/mol. The summed E-state index contributed by atoms with van der Waals surface area (Å²) >= 11 is 4.89. The Balaban J connectivity index is 0.00000320. The van der Waals surface area contributed by atoms with Crippen LogP contribution in [0.25, 0.3) is 0 Å². The van der Waals surface area contributed by atoms with Gasteiger partial charge in [-0.3, -0.25) is 9.69 Å². The summed E-state index contributed by atoms with van der Waals surface area (Å²) in [7, 11) is 1.45. The number of carbonyl (C=O) groups is 2. The maximum Gasteiger partial charge on any atom is 0.414 e. The zero-order valence-electron chi connectivity index (χ0n) is 16.5. The van der Waals surface area contributed by atoms with E-state index in [1.54, 1.807) is 17.0 Å². The fourth-order valence-electron chi connectivity index (χ4n) is 3.35. The van der Waals surface area contributed by atoms with Crippen LogP contribution < -0.4 is 20.9 Å². The molecular formula is C18H25ClFN5O4S. The first kappa shape index (κ1) is 23.9. The monoisotopic (exact) mass is 461 g/mol. The van der Waals surface area contributed by atoms with Crippen LogP contribution in [-0.4, -0.2) is 81.1 Å². The van der Waals surface area contributed by atoms with Crippen molar-refractivity contribution in [2.45, 2.75) is 6.10 Å². The second-order valence-corrected chi connectivity index (χ2v) is 7.07. The van der Waals surface area contributed by atoms with Crippen molar-refractivity contribution < 1.29 is 23.5 Å². The third-order valence-electron chi connectivity index (χ3n) is 4.92. The highest BCUT2D eigenvalue weighted by atomic mass is 35.5. The lowest BCUT2D eigenvalue weighted by atomic mass is 10.2. The molecule has 0 aliphatic carbocycles. The van der Waals surface area contributed by atoms with E-state index in [-0.39, 0.29) is 36.6 Å². The number of piperazine rings is 1. The van der Waals surface area contributed by atoms with Crippen LogP contribution in [0.2, 0.25) is 0 Å². The molecule has 166 valence electrons. The summed E-state index contributed by atoms with van der Waals surface area (Å²) in [5.41, 5.74) is 6.24. The minimum absolute atomic E-state index is 0. The first-order chi connectivity index (χ1) is 13.9. The molecule has 0 radical (unpaired) electrons. The van der Waals surface area contributed by atoms with Crippen LogP contribution in [0.1, 0.15) is 0 Å². The Morgan fingerprint density at radius 2 is 2.07 bits per heavy atom. The van der Waals surface area contributed by atoms with Gasteiger partial charge in [-0.25, -0.2) is 9.18 Å². The number of nitrogens with zero attached hydrogens (tertiary/aromatic N) is 3. The number of halogens is 2. The van der Waals surface area contributed by atoms with Crippen molar-refractivity contribution in [3.05, 3.63) is 24.0 Å². The molecule has 0 saturated carbocycles. The van der Waals surface area contributed by atoms with Crippen molar-refractivity contribution >= 4 is 53.2 Å². The minimum atomic E-state index is -0.541. The van der Waals surface area contributed by atoms with Gasteiger partial charge in [0.2, 0.25) is 5.91 Å². The average Bonchev–Trinajstić information content (AvgIpc) is 3.12. The predicted molar refractivity (Wildman–Crippen MR) is 117 cm³/mol. The largest absolute Gasteiger partial charge is 0.474 e. The summed E-state index contributed by atoms with van der Waals surface area (Å²) in [4.78, 5) is 28.8. The average molecular weight is 462 g/mol. The van der Waals surface area contributed by atoms with E-state index in [4.69, 9.17) is 27.4 Å². The van der Waals surface area contributed by atoms with Crippen molar-refractivity contribution in [3.8, 4) is 0 Å². The Hall–Kier alpha value is -2.37. The number of benzene rings is 1. The molecule has 3 N–H and O–H groups in total. The van der Waals surface area contributed by atoms with Gasteiger partial charge in [-0.1, -0.05) is 0 Å². The highest BCUT2D eigenvalue weighted by molar-refractivity contribution is 7.80. The molecule has 2 aliphatic heterocycles. The summed E-state index contributed by atoms with van der Waals surface area (Å²) in [5, 5.41) is 3.05. The quantitative estimate of drug-likeness (QED) is 0.618. The molecule has 12 heteroatoms. The lowest BCUT2D eigenvalue weighted by Crippen LogP contribution is -2.50. The standard InChI is InChI=1S/C18H24FN5O4S.ClH/c1-27-17(29)21-10-13-11-24(18(26)28-13)12-2-3-15(14(19)8-12)22-4-6-23(7-5-22)16(25)9-20;/h2-3,8,13H,4-7,9-11,20H2,1H3,(H,21,29);1H/t13-;/m0./s1. The Labute approximate surface area is 185 Å². The van der Waals surface area contributed by atoms with E-state index >= 15 is 0 Å². The molecule has 3 rings (SSSR count). The van der Waals surface area contributed by atoms with Gasteiger partial charge in [-0.15, -0.1) is 12.4 Å². The zero-order valence-corrected chi connectivity index (χ0v) is 18.1. The lowest BCUT2D eigenvalue weighted by Gasteiger charge is -2.36. The molecule has 0 unspecified atom stereocenters. The third-order valence-corrected chi connectivity index (χ3v) is 5.24. The molecule has 0 aromatic heterocycles. The molecule has 9 nitrogen and oxygen atoms in total. The normalized spacial score (nSPS) is 18.6. The van der Waals surface area contributed by atoms with E-state index in [0.717, 1.165) is 0 Å². The van der Waals surface area contributed by atoms with Gasteiger partial charge >= 0.3 is 6.09 Å². The Kier molecular flexibility index (Phi) is 8.44. The summed E-state index contributed by atoms with van der Waals surface area (Å²) < 4.78 is 24.9. The van der Waals surface area contributed by atoms with Crippen LogP contribution in [0.3, 0.4) is 0 Å². The second kappa shape index (κ2) is 10.6. The number of methoxy groups -OCH3 is 1. The first-order valence-corrected chi connectivity index (χ1v) is 9.66. The minimum Gasteiger partial charge on any atom is -0.474 e. The molecule has 0 bridgehead atoms. The van der Waals surface area contributed by atoms with Crippen LogP contribution in [0, 0.1) is 5.82 Å². The van der Waals surface area contributed by atoms with Gasteiger partial charge in [-0.2, -0.15) is 0 Å². The van der Waals surface area contributed by atoms with E-state index < -0.39 is 18.0 Å². The highest BCUT2D eigenvalue weighted by Crippen LogP contribution is 2.28. The molecule has 2 saturated heterocycles. The van der Waals surface area contributed by atoms with Crippen molar-refractivity contribution in [1.82, 2.24) is 10.2 Å². The summed E-state index contributed by atoms with van der Waals surface area (Å²) in [6.07, 6.45) is -0.965. The lowest BCUT2D eigenvalue weighted by molar-refractivity contribution is -0.129. The van der Waals surface area contributed by atoms with E-state index in [9.17, 15) is 14.0 Å². The second-order valence-electron chi connectivity index (χ2n) is 6.70. The van der Waals surface area contributed by atoms with Crippen LogP contribution in [0.4, 0.5) is 20.6 Å². The van der Waals surface area contributed by atoms with Gasteiger partial charge in [-0.05, 0) is 30.4 Å². The number of nitrogens with two attached hydrogens (primary N) is 1. The summed E-state index contributed by atoms with van der Waals surface area (Å²) in [5.74, 6) is -0.542. The van der Waals surface area contributed by atoms with Gasteiger partial charge in [0.1, 0.15) is 11.9 Å². The van der Waals surface area contributed by atoms with Crippen molar-refractivity contribution in [2.75, 3.05) is 62.7 Å². The van der Waals surface area contributed by atoms with E-state index in [1.807, 2.05) is 4.90 Å². The van der Waals surface area contributed by atoms with Crippen LogP contribution in [-0.2, 0) is 14.3 Å². The number of hydrogen-bond acceptors (Lipinski definition) is 7. The highest BCUT2D eigenvalue weighted by Gasteiger charge is 2.33. The Morgan fingerprint density at radius 1 is 1.37 bits per heavy atom. The number of anilines is 2. The number of thiocarbonyl (C=S) groups is 1. The predicted octanol–water partition coefficient (Wildman–Crippen LogP) is 0.701. The number of nitrogens with one attached hydrogen (secondary N) is 1. The molecule has 2 fully saturated rings. The van der Waals surface area contributed by atoms with Crippen LogP contribution in [0.15, 0.2) is 18.2 Å². The van der Waals surface area contributed by atoms with Gasteiger partial charge in [0.25, 0.3) is 5.17 Å². The first-order valence-electron chi connectivity index (χ1n) is 9.25. The molecule has 1 aromatic carbocycles. The summed E-state index contributed by atoms with van der Waals surface area (Å²) in [6.45, 7) is 2.57. The molecule has 2 aliphatic rings. The van der Waals surface area contributed by atoms with E-state index in [0.29, 0.717) is 44.1 Å². The van der Waals surface area contributed by atoms with Crippen molar-refractivity contribution in [1.29, 1.82) is 0 Å². The topological polar surface area (TPSA) is 100 Å². The number of amides is 2. The number of hydrogen-bond donors (Lipinski definition) is 2. The van der Waals surface area contributed by atoms with Crippen molar-refractivity contribution in [2.24, 2.45) is 5.73 Å². The van der Waals surface area contributed by atoms with E-state index in [2.05, 4.69) is 5.32 Å². The number of rotatable bonds is 5. The van der Waals surface area contributed by atoms with Crippen LogP contribution >= 0.6 is 24.6 Å². The van der Waals surface area contributed by atoms with Gasteiger partial charge in [0.05, 0.1) is 38.1 Å². The zero-order chi connectivity index (χ0) is 21.0. The summed E-state index contributed by atoms with van der Waals surface area (Å²) in [6, 6.07) is 4.65. The fourth-order valence-corrected chi connectivity index (χ4v) is 3.44. The Morgan fingerprint density at radius 3 is 2.67 bits per heavy atom. The number of carbonyl (C=O) groups excluding carboxylic acids is 2. The fraction of sp³-hybridized carbons (Fsp3) is 0.500. The van der Waals surface area contributed by atoms with Gasteiger partial charge < -0.3 is 30.3 Å². The van der Waals surface area contributed by atoms with E-state index in [1.165, 1.54) is 18.1 Å². The molecule has 0 spiro atoms. The van der Waals surface area contributed by atoms with Crippen LogP contribution in [0.5, 0.6) is 0 Å². The molecule has 1 aromatic rings. The molecule has 1 atom stereocenters. The smallest absolute Gasteiger partial charge is 0.414 e. The maximum absolute atomic E-state index is 14.8. The maximum atomic E-state index is 14.8. The SMILES string of the molecule is COC(=S)NC[C@H]1CN(c2ccc(N3CCN(C(=O)CN)CC3)c(F)c2)C(=O)O1.Cl. The van der Waals surface area contributed by atoms with Gasteiger partial charge in [0.15, 0.2) is 0 Å². The van der Waals surface area contributed by atoms with Crippen molar-refractivity contribution in [3.63, 3.8) is 0 Å². The molecule has 30 heavy (non-hydrogen) atoms. The Bertz CT molecular complexity index is 794. The third kappa shape index (κ3) is 5.41.